The first-order chi connectivity index (χ1) is 10.6. The lowest BCUT2D eigenvalue weighted by atomic mass is 9.93. The minimum atomic E-state index is -0.424. The molecule has 1 fully saturated rings. The number of rotatable bonds is 3. The summed E-state index contributed by atoms with van der Waals surface area (Å²) in [5.74, 6) is 0.0379. The van der Waals surface area contributed by atoms with E-state index in [2.05, 4.69) is 5.10 Å². The third kappa shape index (κ3) is 2.66. The molecule has 1 saturated carbocycles. The lowest BCUT2D eigenvalue weighted by Gasteiger charge is -2.25. The number of ether oxygens (including phenoxy) is 2. The molecular weight excluding hydrogens is 284 g/mol. The maximum absolute atomic E-state index is 11.8. The summed E-state index contributed by atoms with van der Waals surface area (Å²) >= 11 is 0. The van der Waals surface area contributed by atoms with Crippen LogP contribution < -0.4 is 4.74 Å². The summed E-state index contributed by atoms with van der Waals surface area (Å²) in [7, 11) is 2.87. The molecule has 0 saturated heterocycles. The zero-order chi connectivity index (χ0) is 15.7. The van der Waals surface area contributed by atoms with Crippen LogP contribution in [0.2, 0.25) is 0 Å². The fraction of sp³-hybridized carbons (Fsp3) is 0.500. The second kappa shape index (κ2) is 5.96. The Morgan fingerprint density at radius 3 is 2.64 bits per heavy atom. The molecule has 0 atom stereocenters. The Bertz CT molecular complexity index is 687. The standard InChI is InChI=1S/C16H20N2O4/c1-21-15-8-14-10(7-13(15)16(20)22-2)9-18(17-14)11-3-5-12(19)6-4-11/h7-9,11-12,19H,3-6H2,1-2H3. The minimum Gasteiger partial charge on any atom is -0.496 e. The predicted molar refractivity (Wildman–Crippen MR) is 81.1 cm³/mol. The molecule has 0 amide bonds. The minimum absolute atomic E-state index is 0.188. The molecular formula is C16H20N2O4. The molecule has 3 rings (SSSR count). The fourth-order valence-corrected chi connectivity index (χ4v) is 3.02. The van der Waals surface area contributed by atoms with E-state index in [1.807, 2.05) is 10.9 Å². The fourth-order valence-electron chi connectivity index (χ4n) is 3.02. The van der Waals surface area contributed by atoms with Crippen LogP contribution in [0.3, 0.4) is 0 Å². The third-order valence-corrected chi connectivity index (χ3v) is 4.29. The molecule has 1 aromatic heterocycles. The first-order valence-corrected chi connectivity index (χ1v) is 7.45. The topological polar surface area (TPSA) is 73.6 Å². The Labute approximate surface area is 128 Å². The summed E-state index contributed by atoms with van der Waals surface area (Å²) in [6.07, 6.45) is 5.19. The van der Waals surface area contributed by atoms with Gasteiger partial charge in [0.2, 0.25) is 0 Å². The molecule has 1 aliphatic carbocycles. The van der Waals surface area contributed by atoms with Gasteiger partial charge in [-0.25, -0.2) is 4.79 Å². The predicted octanol–water partition coefficient (Wildman–Crippen LogP) is 2.31. The van der Waals surface area contributed by atoms with Gasteiger partial charge in [0.15, 0.2) is 0 Å². The first kappa shape index (κ1) is 14.8. The van der Waals surface area contributed by atoms with Crippen molar-refractivity contribution in [3.63, 3.8) is 0 Å². The highest BCUT2D eigenvalue weighted by Crippen LogP contribution is 2.31. The highest BCUT2D eigenvalue weighted by Gasteiger charge is 2.22. The van der Waals surface area contributed by atoms with Gasteiger partial charge in [-0.3, -0.25) is 4.68 Å². The third-order valence-electron chi connectivity index (χ3n) is 4.29. The van der Waals surface area contributed by atoms with Gasteiger partial charge >= 0.3 is 5.97 Å². The van der Waals surface area contributed by atoms with Crippen molar-refractivity contribution in [2.45, 2.75) is 37.8 Å². The number of esters is 1. The van der Waals surface area contributed by atoms with Gasteiger partial charge in [-0.2, -0.15) is 5.10 Å². The zero-order valence-electron chi connectivity index (χ0n) is 12.8. The number of benzene rings is 1. The molecule has 0 radical (unpaired) electrons. The van der Waals surface area contributed by atoms with Crippen LogP contribution in [0.15, 0.2) is 18.3 Å². The number of aliphatic hydroxyl groups excluding tert-OH is 1. The van der Waals surface area contributed by atoms with Crippen molar-refractivity contribution in [1.29, 1.82) is 0 Å². The van der Waals surface area contributed by atoms with Gasteiger partial charge in [0.1, 0.15) is 11.3 Å². The van der Waals surface area contributed by atoms with Gasteiger partial charge in [0.05, 0.1) is 31.9 Å². The van der Waals surface area contributed by atoms with E-state index in [0.29, 0.717) is 17.4 Å². The molecule has 1 aromatic carbocycles. The molecule has 0 unspecified atom stereocenters. The van der Waals surface area contributed by atoms with Gasteiger partial charge < -0.3 is 14.6 Å². The second-order valence-corrected chi connectivity index (χ2v) is 5.67. The maximum atomic E-state index is 11.8. The Hall–Kier alpha value is -2.08. The van der Waals surface area contributed by atoms with Crippen molar-refractivity contribution in [1.82, 2.24) is 9.78 Å². The largest absolute Gasteiger partial charge is 0.496 e. The maximum Gasteiger partial charge on any atom is 0.341 e. The molecule has 0 aliphatic heterocycles. The van der Waals surface area contributed by atoms with Crippen molar-refractivity contribution < 1.29 is 19.4 Å². The summed E-state index contributed by atoms with van der Waals surface area (Å²) in [5, 5.41) is 15.1. The van der Waals surface area contributed by atoms with E-state index in [0.717, 1.165) is 36.6 Å². The van der Waals surface area contributed by atoms with Gasteiger partial charge in [0, 0.05) is 17.6 Å². The summed E-state index contributed by atoms with van der Waals surface area (Å²) in [6, 6.07) is 3.81. The lowest BCUT2D eigenvalue weighted by molar-refractivity contribution is 0.0597. The van der Waals surface area contributed by atoms with E-state index in [1.54, 1.807) is 12.1 Å². The van der Waals surface area contributed by atoms with Crippen LogP contribution in [0.5, 0.6) is 5.75 Å². The van der Waals surface area contributed by atoms with Gasteiger partial charge in [-0.15, -0.1) is 0 Å². The van der Waals surface area contributed by atoms with E-state index in [4.69, 9.17) is 9.47 Å². The van der Waals surface area contributed by atoms with E-state index in [9.17, 15) is 9.90 Å². The molecule has 1 heterocycles. The molecule has 0 bridgehead atoms. The van der Waals surface area contributed by atoms with Crippen LogP contribution in [-0.2, 0) is 4.74 Å². The number of methoxy groups -OCH3 is 2. The quantitative estimate of drug-likeness (QED) is 0.881. The molecule has 118 valence electrons. The number of aromatic nitrogens is 2. The van der Waals surface area contributed by atoms with E-state index in [1.165, 1.54) is 14.2 Å². The van der Waals surface area contributed by atoms with Crippen LogP contribution >= 0.6 is 0 Å². The number of hydrogen-bond donors (Lipinski definition) is 1. The average molecular weight is 304 g/mol. The summed E-state index contributed by atoms with van der Waals surface area (Å²) < 4.78 is 12.0. The Morgan fingerprint density at radius 1 is 1.27 bits per heavy atom. The molecule has 6 nitrogen and oxygen atoms in total. The summed E-state index contributed by atoms with van der Waals surface area (Å²) in [6.45, 7) is 0. The number of carbonyl (C=O) groups excluding carboxylic acids is 1. The van der Waals surface area contributed by atoms with Crippen molar-refractivity contribution in [2.24, 2.45) is 0 Å². The average Bonchev–Trinajstić information content (AvgIpc) is 2.96. The second-order valence-electron chi connectivity index (χ2n) is 5.67. The highest BCUT2D eigenvalue weighted by atomic mass is 16.5. The molecule has 1 N–H and O–H groups in total. The normalized spacial score (nSPS) is 21.8. The van der Waals surface area contributed by atoms with Crippen LogP contribution in [0.1, 0.15) is 42.1 Å². The van der Waals surface area contributed by atoms with Gasteiger partial charge in [-0.05, 0) is 31.7 Å². The highest BCUT2D eigenvalue weighted by molar-refractivity contribution is 5.97. The van der Waals surface area contributed by atoms with E-state index >= 15 is 0 Å². The lowest BCUT2D eigenvalue weighted by Crippen LogP contribution is -2.21. The smallest absolute Gasteiger partial charge is 0.341 e. The number of fused-ring (bicyclic) bond motifs is 1. The molecule has 0 spiro atoms. The van der Waals surface area contributed by atoms with Crippen molar-refractivity contribution in [3.05, 3.63) is 23.9 Å². The van der Waals surface area contributed by atoms with E-state index < -0.39 is 5.97 Å². The molecule has 22 heavy (non-hydrogen) atoms. The van der Waals surface area contributed by atoms with Gasteiger partial charge in [0.25, 0.3) is 0 Å². The number of hydrogen-bond acceptors (Lipinski definition) is 5. The summed E-state index contributed by atoms with van der Waals surface area (Å²) in [4.78, 5) is 11.8. The van der Waals surface area contributed by atoms with Crippen LogP contribution in [-0.4, -0.2) is 41.2 Å². The van der Waals surface area contributed by atoms with Crippen molar-refractivity contribution in [2.75, 3.05) is 14.2 Å². The van der Waals surface area contributed by atoms with Crippen molar-refractivity contribution in [3.8, 4) is 5.75 Å². The van der Waals surface area contributed by atoms with Crippen LogP contribution in [0.4, 0.5) is 0 Å². The van der Waals surface area contributed by atoms with Crippen LogP contribution in [0.25, 0.3) is 10.9 Å². The number of aliphatic hydroxyl groups is 1. The summed E-state index contributed by atoms with van der Waals surface area (Å²) in [5.41, 5.74) is 1.19. The van der Waals surface area contributed by atoms with Crippen LogP contribution in [0, 0.1) is 0 Å². The Balaban J connectivity index is 1.97. The number of nitrogens with zero attached hydrogens (tertiary/aromatic N) is 2. The Morgan fingerprint density at radius 2 is 2.00 bits per heavy atom. The molecule has 6 heteroatoms. The molecule has 2 aromatic rings. The molecule has 1 aliphatic rings. The van der Waals surface area contributed by atoms with Crippen molar-refractivity contribution >= 4 is 16.9 Å². The number of carbonyl (C=O) groups is 1. The van der Waals surface area contributed by atoms with E-state index in [-0.39, 0.29) is 6.10 Å². The first-order valence-electron chi connectivity index (χ1n) is 7.45. The zero-order valence-corrected chi connectivity index (χ0v) is 12.8. The monoisotopic (exact) mass is 304 g/mol. The van der Waals surface area contributed by atoms with Gasteiger partial charge in [-0.1, -0.05) is 0 Å². The Kier molecular flexibility index (Phi) is 4.02. The SMILES string of the molecule is COC(=O)c1cc2cn(C3CCC(O)CC3)nc2cc1OC.